The third-order valence-electron chi connectivity index (χ3n) is 7.21. The van der Waals surface area contributed by atoms with E-state index >= 15 is 0 Å². The zero-order chi connectivity index (χ0) is 35.7. The highest BCUT2D eigenvalue weighted by atomic mass is 32.2. The zero-order valence-corrected chi connectivity index (χ0v) is 32.0. The minimum atomic E-state index is -4.30. The summed E-state index contributed by atoms with van der Waals surface area (Å²) in [5, 5.41) is 18.9. The highest BCUT2D eigenvalue weighted by Crippen LogP contribution is 2.73. The number of sulfonamides is 1. The molecule has 0 aromatic heterocycles. The van der Waals surface area contributed by atoms with E-state index in [1.54, 1.807) is 79.7 Å². The largest absolute Gasteiger partial charge is 0.508 e. The molecule has 0 saturated heterocycles. The van der Waals surface area contributed by atoms with E-state index in [4.69, 9.17) is 18.1 Å². The molecule has 0 heterocycles. The van der Waals surface area contributed by atoms with E-state index in [1.807, 2.05) is 19.1 Å². The van der Waals surface area contributed by atoms with Gasteiger partial charge in [-0.15, -0.1) is 0 Å². The van der Waals surface area contributed by atoms with Crippen molar-refractivity contribution in [2.45, 2.75) is 130 Å². The third-order valence-corrected chi connectivity index (χ3v) is 15.0. The Labute approximate surface area is 281 Å². The summed E-state index contributed by atoms with van der Waals surface area (Å²) in [6.45, 7) is 17.3. The van der Waals surface area contributed by atoms with Crippen LogP contribution in [-0.4, -0.2) is 54.2 Å². The Balaban J connectivity index is 2.50. The molecule has 2 aromatic carbocycles. The lowest BCUT2D eigenvalue weighted by molar-refractivity contribution is 0.122. The van der Waals surface area contributed by atoms with Crippen LogP contribution in [0.2, 0.25) is 0 Å². The Bertz CT molecular complexity index is 1410. The standard InChI is InChI=1S/C33H55NO10P2S/c1-11-29(26-13-16-28(35)17-14-26)30(12-2)27-15-18-32(36)31(21-27)34-47(39,40)20-19-33(45(37,41-22(3)4)42-23(5)6)46(38,43-24(7)8)44-25(9)10/h13-18,21-25,29-30,33-36H,11-12,19-20H2,1-10H3. The number of benzene rings is 2. The molecular formula is C33H55NO10P2S. The van der Waals surface area contributed by atoms with Crippen molar-refractivity contribution in [1.82, 2.24) is 0 Å². The van der Waals surface area contributed by atoms with Gasteiger partial charge in [0.15, 0.2) is 5.40 Å². The Morgan fingerprint density at radius 1 is 0.681 bits per heavy atom. The van der Waals surface area contributed by atoms with Gasteiger partial charge in [0.2, 0.25) is 10.0 Å². The van der Waals surface area contributed by atoms with Crippen molar-refractivity contribution in [1.29, 1.82) is 0 Å². The summed E-state index contributed by atoms with van der Waals surface area (Å²) in [6.07, 6.45) is -1.35. The summed E-state index contributed by atoms with van der Waals surface area (Å²) in [4.78, 5) is 0. The number of anilines is 1. The van der Waals surface area contributed by atoms with E-state index in [1.165, 1.54) is 6.07 Å². The van der Waals surface area contributed by atoms with Crippen LogP contribution in [0.1, 0.15) is 111 Å². The van der Waals surface area contributed by atoms with Gasteiger partial charge in [-0.25, -0.2) is 8.42 Å². The molecular weight excluding hydrogens is 664 g/mol. The van der Waals surface area contributed by atoms with Crippen molar-refractivity contribution in [3.63, 3.8) is 0 Å². The monoisotopic (exact) mass is 719 g/mol. The number of hydrogen-bond donors (Lipinski definition) is 3. The number of phenolic OH excluding ortho intramolecular Hbond substituents is 2. The third kappa shape index (κ3) is 12.2. The number of hydrogen-bond acceptors (Lipinski definition) is 10. The Morgan fingerprint density at radius 2 is 1.09 bits per heavy atom. The molecule has 14 heteroatoms. The predicted molar refractivity (Wildman–Crippen MR) is 188 cm³/mol. The van der Waals surface area contributed by atoms with Crippen LogP contribution in [0.3, 0.4) is 0 Å². The van der Waals surface area contributed by atoms with Gasteiger partial charge in [-0.2, -0.15) is 0 Å². The van der Waals surface area contributed by atoms with Crippen molar-refractivity contribution in [2.24, 2.45) is 0 Å². The second-order valence-corrected chi connectivity index (χ2v) is 19.3. The van der Waals surface area contributed by atoms with Crippen LogP contribution >= 0.6 is 15.2 Å². The van der Waals surface area contributed by atoms with E-state index in [2.05, 4.69) is 11.6 Å². The van der Waals surface area contributed by atoms with Crippen LogP contribution in [0.5, 0.6) is 11.5 Å². The Hall–Kier alpha value is -1.91. The van der Waals surface area contributed by atoms with Gasteiger partial charge < -0.3 is 28.3 Å². The van der Waals surface area contributed by atoms with E-state index in [0.717, 1.165) is 24.0 Å². The minimum absolute atomic E-state index is 0.0156. The van der Waals surface area contributed by atoms with Gasteiger partial charge in [0.05, 0.1) is 35.9 Å². The van der Waals surface area contributed by atoms with Crippen LogP contribution in [0.15, 0.2) is 42.5 Å². The molecule has 2 unspecified atom stereocenters. The van der Waals surface area contributed by atoms with Gasteiger partial charge in [0.25, 0.3) is 0 Å². The van der Waals surface area contributed by atoms with Gasteiger partial charge >= 0.3 is 15.2 Å². The lowest BCUT2D eigenvalue weighted by Crippen LogP contribution is -2.27. The van der Waals surface area contributed by atoms with Gasteiger partial charge in [-0.3, -0.25) is 13.9 Å². The van der Waals surface area contributed by atoms with Crippen LogP contribution in [0.25, 0.3) is 0 Å². The Kier molecular flexibility index (Phi) is 15.5. The minimum Gasteiger partial charge on any atom is -0.508 e. The SMILES string of the molecule is CCC(c1ccc(O)cc1)C(CC)c1ccc(O)c(NS(=O)(=O)CCC(P(=O)(OC(C)C)OC(C)C)P(=O)(OC(C)C)OC(C)C)c1. The molecule has 2 rings (SSSR count). The number of nitrogens with one attached hydrogen (secondary N) is 1. The molecule has 0 amide bonds. The molecule has 3 N–H and O–H groups in total. The average molecular weight is 720 g/mol. The summed E-state index contributed by atoms with van der Waals surface area (Å²) >= 11 is 0. The molecule has 2 atom stereocenters. The maximum atomic E-state index is 14.4. The molecule has 0 spiro atoms. The average Bonchev–Trinajstić information content (AvgIpc) is 2.91. The van der Waals surface area contributed by atoms with Crippen LogP contribution in [0, 0.1) is 0 Å². The molecule has 0 saturated carbocycles. The first-order valence-corrected chi connectivity index (χ1v) is 21.2. The molecule has 0 aliphatic carbocycles. The quantitative estimate of drug-likeness (QED) is 0.0890. The molecule has 11 nitrogen and oxygen atoms in total. The fourth-order valence-electron chi connectivity index (χ4n) is 5.57. The van der Waals surface area contributed by atoms with E-state index in [9.17, 15) is 27.8 Å². The summed E-state index contributed by atoms with van der Waals surface area (Å²) in [6, 6.07) is 11.9. The first kappa shape index (κ1) is 41.3. The van der Waals surface area contributed by atoms with Crippen LogP contribution < -0.4 is 4.72 Å². The van der Waals surface area contributed by atoms with Crippen LogP contribution in [0.4, 0.5) is 5.69 Å². The molecule has 0 aliphatic heterocycles. The molecule has 0 aliphatic rings. The summed E-state index contributed by atoms with van der Waals surface area (Å²) in [7, 11) is -12.8. The summed E-state index contributed by atoms with van der Waals surface area (Å²) < 4.78 is 81.6. The maximum absolute atomic E-state index is 14.4. The highest BCUT2D eigenvalue weighted by molar-refractivity contribution is 7.92. The molecule has 0 bridgehead atoms. The molecule has 0 fully saturated rings. The van der Waals surface area contributed by atoms with E-state index in [-0.39, 0.29) is 29.0 Å². The fourth-order valence-corrected chi connectivity index (χ4v) is 13.0. The van der Waals surface area contributed by atoms with Crippen molar-refractivity contribution in [2.75, 3.05) is 10.5 Å². The highest BCUT2D eigenvalue weighted by Gasteiger charge is 2.53. The lowest BCUT2D eigenvalue weighted by Gasteiger charge is -2.35. The lowest BCUT2D eigenvalue weighted by atomic mass is 9.78. The van der Waals surface area contributed by atoms with Gasteiger partial charge in [-0.05, 0) is 122 Å². The van der Waals surface area contributed by atoms with Gasteiger partial charge in [0, 0.05) is 0 Å². The van der Waals surface area contributed by atoms with Crippen molar-refractivity contribution in [3.8, 4) is 11.5 Å². The van der Waals surface area contributed by atoms with Crippen LogP contribution in [-0.2, 0) is 37.2 Å². The second-order valence-electron chi connectivity index (χ2n) is 12.8. The number of aromatic hydroxyl groups is 2. The molecule has 47 heavy (non-hydrogen) atoms. The molecule has 0 radical (unpaired) electrons. The van der Waals surface area contributed by atoms with Crippen molar-refractivity contribution >= 4 is 30.9 Å². The van der Waals surface area contributed by atoms with Gasteiger partial charge in [0.1, 0.15) is 11.5 Å². The van der Waals surface area contributed by atoms with E-state index < -0.39 is 67.2 Å². The zero-order valence-electron chi connectivity index (χ0n) is 29.4. The Morgan fingerprint density at radius 3 is 1.49 bits per heavy atom. The van der Waals surface area contributed by atoms with Gasteiger partial charge in [-0.1, -0.05) is 32.0 Å². The number of rotatable bonds is 20. The smallest absolute Gasteiger partial charge is 0.346 e. The normalized spacial score (nSPS) is 14.4. The predicted octanol–water partition coefficient (Wildman–Crippen LogP) is 9.33. The summed E-state index contributed by atoms with van der Waals surface area (Å²) in [5.74, 6) is -0.690. The van der Waals surface area contributed by atoms with Crippen molar-refractivity contribution in [3.05, 3.63) is 53.6 Å². The van der Waals surface area contributed by atoms with Crippen molar-refractivity contribution < 1.29 is 45.9 Å². The molecule has 268 valence electrons. The first-order valence-electron chi connectivity index (χ1n) is 16.3. The topological polar surface area (TPSA) is 158 Å². The maximum Gasteiger partial charge on any atom is 0.346 e. The first-order chi connectivity index (χ1) is 21.8. The second kappa shape index (κ2) is 17.7. The molecule has 2 aromatic rings. The number of phenols is 2. The summed E-state index contributed by atoms with van der Waals surface area (Å²) in [5.41, 5.74) is 1.84. The van der Waals surface area contributed by atoms with E-state index in [0.29, 0.717) is 0 Å². The fraction of sp³-hybridized carbons (Fsp3) is 0.636.